The third kappa shape index (κ3) is 1.69. The predicted molar refractivity (Wildman–Crippen MR) is 58.2 cm³/mol. The smallest absolute Gasteiger partial charge is 0.242 e. The van der Waals surface area contributed by atoms with Crippen LogP contribution in [0.3, 0.4) is 0 Å². The van der Waals surface area contributed by atoms with Gasteiger partial charge < -0.3 is 10.0 Å². The minimum atomic E-state index is -0.941. The molecular formula is C12H18N2O2. The maximum atomic E-state index is 12.1. The first-order chi connectivity index (χ1) is 7.45. The molecule has 88 valence electrons. The molecule has 1 saturated carbocycles. The van der Waals surface area contributed by atoms with Crippen LogP contribution >= 0.6 is 0 Å². The van der Waals surface area contributed by atoms with E-state index in [-0.39, 0.29) is 17.9 Å². The summed E-state index contributed by atoms with van der Waals surface area (Å²) < 4.78 is 0. The van der Waals surface area contributed by atoms with E-state index in [1.165, 1.54) is 0 Å². The van der Waals surface area contributed by atoms with E-state index in [0.717, 1.165) is 12.8 Å². The zero-order valence-electron chi connectivity index (χ0n) is 9.81. The first-order valence-corrected chi connectivity index (χ1v) is 5.84. The van der Waals surface area contributed by atoms with Gasteiger partial charge in [0.05, 0.1) is 12.2 Å². The largest absolute Gasteiger partial charge is 0.393 e. The second kappa shape index (κ2) is 3.74. The van der Waals surface area contributed by atoms with Gasteiger partial charge in [0.25, 0.3) is 0 Å². The highest BCUT2D eigenvalue weighted by atomic mass is 16.3. The molecule has 0 aromatic rings. The average Bonchev–Trinajstić information content (AvgIpc) is 2.80. The first kappa shape index (κ1) is 11.4. The molecule has 0 bridgehead atoms. The van der Waals surface area contributed by atoms with Crippen LogP contribution in [-0.2, 0) is 4.79 Å². The summed E-state index contributed by atoms with van der Waals surface area (Å²) in [6, 6.07) is 2.04. The summed E-state index contributed by atoms with van der Waals surface area (Å²) in [5, 5.41) is 18.7. The van der Waals surface area contributed by atoms with Crippen molar-refractivity contribution in [2.45, 2.75) is 32.8 Å². The lowest BCUT2D eigenvalue weighted by Gasteiger charge is -2.24. The molecule has 2 fully saturated rings. The van der Waals surface area contributed by atoms with E-state index >= 15 is 0 Å². The highest BCUT2D eigenvalue weighted by Crippen LogP contribution is 2.39. The number of amides is 1. The standard InChI is InChI=1S/C12H18N2O2/c1-12(2,7-13)11(16)14-5-8-3-4-10(15)9(8)6-14/h8-10,15H,3-6H2,1-2H3. The van der Waals surface area contributed by atoms with Gasteiger partial charge in [0.15, 0.2) is 0 Å². The number of nitriles is 1. The minimum absolute atomic E-state index is 0.100. The van der Waals surface area contributed by atoms with Gasteiger partial charge in [0.2, 0.25) is 5.91 Å². The third-order valence-corrected chi connectivity index (χ3v) is 3.92. The number of carbonyl (C=O) groups excluding carboxylic acids is 1. The molecule has 0 radical (unpaired) electrons. The van der Waals surface area contributed by atoms with Crippen molar-refractivity contribution in [3.05, 3.63) is 0 Å². The minimum Gasteiger partial charge on any atom is -0.393 e. The van der Waals surface area contributed by atoms with Crippen LogP contribution in [0.1, 0.15) is 26.7 Å². The molecule has 0 aromatic carbocycles. The Bertz CT molecular complexity index is 345. The molecule has 2 aliphatic rings. The summed E-state index contributed by atoms with van der Waals surface area (Å²) in [7, 11) is 0. The van der Waals surface area contributed by atoms with Crippen molar-refractivity contribution in [1.82, 2.24) is 4.90 Å². The number of likely N-dealkylation sites (tertiary alicyclic amines) is 1. The zero-order valence-corrected chi connectivity index (χ0v) is 9.81. The third-order valence-electron chi connectivity index (χ3n) is 3.92. The van der Waals surface area contributed by atoms with Crippen LogP contribution < -0.4 is 0 Å². The van der Waals surface area contributed by atoms with E-state index in [2.05, 4.69) is 0 Å². The Balaban J connectivity index is 2.05. The predicted octanol–water partition coefficient (Wildman–Crippen LogP) is 0.765. The van der Waals surface area contributed by atoms with Gasteiger partial charge in [-0.2, -0.15) is 5.26 Å². The number of aliphatic hydroxyl groups is 1. The molecule has 3 atom stereocenters. The molecule has 1 saturated heterocycles. The normalized spacial score (nSPS) is 33.6. The van der Waals surface area contributed by atoms with Crippen LogP contribution in [0.15, 0.2) is 0 Å². The quantitative estimate of drug-likeness (QED) is 0.712. The lowest BCUT2D eigenvalue weighted by molar-refractivity contribution is -0.136. The van der Waals surface area contributed by atoms with E-state index in [1.807, 2.05) is 6.07 Å². The topological polar surface area (TPSA) is 64.3 Å². The molecule has 2 rings (SSSR count). The summed E-state index contributed by atoms with van der Waals surface area (Å²) in [6.07, 6.45) is 1.61. The summed E-state index contributed by atoms with van der Waals surface area (Å²) in [5.41, 5.74) is -0.941. The van der Waals surface area contributed by atoms with Crippen LogP contribution in [0, 0.1) is 28.6 Å². The molecule has 1 aliphatic heterocycles. The van der Waals surface area contributed by atoms with E-state index in [9.17, 15) is 9.90 Å². The van der Waals surface area contributed by atoms with Gasteiger partial charge in [-0.15, -0.1) is 0 Å². The van der Waals surface area contributed by atoms with Crippen molar-refractivity contribution in [3.63, 3.8) is 0 Å². The molecule has 0 spiro atoms. The Labute approximate surface area is 95.9 Å². The molecule has 1 amide bonds. The maximum absolute atomic E-state index is 12.1. The molecule has 1 N–H and O–H groups in total. The van der Waals surface area contributed by atoms with Crippen molar-refractivity contribution in [2.75, 3.05) is 13.1 Å². The second-order valence-corrected chi connectivity index (χ2v) is 5.52. The van der Waals surface area contributed by atoms with Crippen LogP contribution in [0.4, 0.5) is 0 Å². The summed E-state index contributed by atoms with van der Waals surface area (Å²) in [4.78, 5) is 13.8. The highest BCUT2D eigenvalue weighted by Gasteiger charge is 2.45. The van der Waals surface area contributed by atoms with Gasteiger partial charge in [-0.1, -0.05) is 0 Å². The van der Waals surface area contributed by atoms with Gasteiger partial charge in [-0.05, 0) is 32.6 Å². The Morgan fingerprint density at radius 3 is 2.69 bits per heavy atom. The van der Waals surface area contributed by atoms with E-state index < -0.39 is 5.41 Å². The first-order valence-electron chi connectivity index (χ1n) is 5.84. The summed E-state index contributed by atoms with van der Waals surface area (Å²) in [6.45, 7) is 4.64. The number of nitrogens with zero attached hydrogens (tertiary/aromatic N) is 2. The fourth-order valence-corrected chi connectivity index (χ4v) is 2.85. The lowest BCUT2D eigenvalue weighted by Crippen LogP contribution is -2.39. The molecule has 1 aliphatic carbocycles. The van der Waals surface area contributed by atoms with Crippen molar-refractivity contribution in [1.29, 1.82) is 5.26 Å². The zero-order chi connectivity index (χ0) is 11.9. The second-order valence-electron chi connectivity index (χ2n) is 5.52. The van der Waals surface area contributed by atoms with Gasteiger partial charge >= 0.3 is 0 Å². The van der Waals surface area contributed by atoms with Gasteiger partial charge in [-0.25, -0.2) is 0 Å². The molecule has 3 unspecified atom stereocenters. The SMILES string of the molecule is CC(C)(C#N)C(=O)N1CC2CCC(O)C2C1. The van der Waals surface area contributed by atoms with Crippen LogP contribution in [0.25, 0.3) is 0 Å². The Morgan fingerprint density at radius 1 is 1.44 bits per heavy atom. The van der Waals surface area contributed by atoms with Crippen molar-refractivity contribution >= 4 is 5.91 Å². The Kier molecular flexibility index (Phi) is 2.67. The molecular weight excluding hydrogens is 204 g/mol. The van der Waals surface area contributed by atoms with E-state index in [4.69, 9.17) is 5.26 Å². The summed E-state index contributed by atoms with van der Waals surface area (Å²) >= 11 is 0. The average molecular weight is 222 g/mol. The van der Waals surface area contributed by atoms with Gasteiger partial charge in [0.1, 0.15) is 5.41 Å². The maximum Gasteiger partial charge on any atom is 0.242 e. The number of fused-ring (bicyclic) bond motifs is 1. The molecule has 16 heavy (non-hydrogen) atoms. The van der Waals surface area contributed by atoms with E-state index in [1.54, 1.807) is 18.7 Å². The van der Waals surface area contributed by atoms with Crippen LogP contribution in [-0.4, -0.2) is 35.1 Å². The number of carbonyl (C=O) groups is 1. The number of hydrogen-bond acceptors (Lipinski definition) is 3. The fourth-order valence-electron chi connectivity index (χ4n) is 2.85. The molecule has 4 nitrogen and oxygen atoms in total. The van der Waals surface area contributed by atoms with Crippen LogP contribution in [0.5, 0.6) is 0 Å². The fraction of sp³-hybridized carbons (Fsp3) is 0.833. The molecule has 1 heterocycles. The van der Waals surface area contributed by atoms with Crippen LogP contribution in [0.2, 0.25) is 0 Å². The number of aliphatic hydroxyl groups excluding tert-OH is 1. The Morgan fingerprint density at radius 2 is 2.12 bits per heavy atom. The summed E-state index contributed by atoms with van der Waals surface area (Å²) in [5.74, 6) is 0.573. The Hall–Kier alpha value is -1.08. The lowest BCUT2D eigenvalue weighted by atomic mass is 9.94. The monoisotopic (exact) mass is 222 g/mol. The number of hydrogen-bond donors (Lipinski definition) is 1. The van der Waals surface area contributed by atoms with Gasteiger partial charge in [-0.3, -0.25) is 4.79 Å². The molecule has 0 aromatic heterocycles. The number of rotatable bonds is 1. The van der Waals surface area contributed by atoms with Crippen molar-refractivity contribution in [3.8, 4) is 6.07 Å². The van der Waals surface area contributed by atoms with Gasteiger partial charge in [0, 0.05) is 19.0 Å². The van der Waals surface area contributed by atoms with Crippen molar-refractivity contribution < 1.29 is 9.90 Å². The van der Waals surface area contributed by atoms with Crippen molar-refractivity contribution in [2.24, 2.45) is 17.3 Å². The highest BCUT2D eigenvalue weighted by molar-refractivity contribution is 5.84. The molecule has 4 heteroatoms. The van der Waals surface area contributed by atoms with E-state index in [0.29, 0.717) is 19.0 Å².